The van der Waals surface area contributed by atoms with Crippen molar-refractivity contribution in [2.75, 3.05) is 19.8 Å². The van der Waals surface area contributed by atoms with Crippen molar-refractivity contribution in [3.05, 3.63) is 34.3 Å². The van der Waals surface area contributed by atoms with Gasteiger partial charge in [-0.15, -0.1) is 0 Å². The number of amides is 2. The fourth-order valence-electron chi connectivity index (χ4n) is 2.11. The van der Waals surface area contributed by atoms with Crippen LogP contribution in [0.2, 0.25) is 5.02 Å². The van der Waals surface area contributed by atoms with Gasteiger partial charge in [0.05, 0.1) is 13.2 Å². The van der Waals surface area contributed by atoms with Crippen molar-refractivity contribution < 1.29 is 14.3 Å². The molecule has 102 valence electrons. The van der Waals surface area contributed by atoms with Crippen LogP contribution in [0.5, 0.6) is 0 Å². The minimum Gasteiger partial charge on any atom is -0.377 e. The van der Waals surface area contributed by atoms with E-state index in [1.54, 1.807) is 18.2 Å². The monoisotopic (exact) mass is 282 g/mol. The molecule has 0 bridgehead atoms. The minimum absolute atomic E-state index is 0.140. The van der Waals surface area contributed by atoms with Crippen LogP contribution < -0.4 is 5.73 Å². The van der Waals surface area contributed by atoms with Crippen LogP contribution in [0.4, 0.5) is 0 Å². The highest BCUT2D eigenvalue weighted by molar-refractivity contribution is 6.31. The molecule has 1 aliphatic heterocycles. The van der Waals surface area contributed by atoms with Crippen LogP contribution in [0.15, 0.2) is 18.2 Å². The van der Waals surface area contributed by atoms with Crippen LogP contribution in [-0.4, -0.2) is 42.5 Å². The predicted octanol–water partition coefficient (Wildman–Crippen LogP) is 0.975. The third-order valence-electron chi connectivity index (χ3n) is 3.01. The summed E-state index contributed by atoms with van der Waals surface area (Å²) in [6.45, 7) is 2.74. The number of primary amides is 1. The van der Waals surface area contributed by atoms with Crippen molar-refractivity contribution in [2.24, 2.45) is 5.73 Å². The summed E-state index contributed by atoms with van der Waals surface area (Å²) in [7, 11) is 0. The van der Waals surface area contributed by atoms with Gasteiger partial charge in [0.25, 0.3) is 5.91 Å². The van der Waals surface area contributed by atoms with Crippen molar-refractivity contribution >= 4 is 23.4 Å². The highest BCUT2D eigenvalue weighted by atomic mass is 35.5. The third-order valence-corrected chi connectivity index (χ3v) is 3.23. The average molecular weight is 283 g/mol. The van der Waals surface area contributed by atoms with Gasteiger partial charge >= 0.3 is 0 Å². The molecule has 1 aromatic rings. The molecular formula is C13H15ClN2O3. The standard InChI is InChI=1S/C13H15ClN2O3/c1-8-4-9(6-10(14)5-8)13(18)16-2-3-19-7-11(16)12(15)17/h4-6,11H,2-3,7H2,1H3,(H2,15,17)/t11-/m0/s1. The summed E-state index contributed by atoms with van der Waals surface area (Å²) >= 11 is 5.94. The number of carbonyl (C=O) groups is 2. The lowest BCUT2D eigenvalue weighted by atomic mass is 10.1. The molecule has 2 rings (SSSR count). The fraction of sp³-hybridized carbons (Fsp3) is 0.385. The third kappa shape index (κ3) is 3.05. The lowest BCUT2D eigenvalue weighted by molar-refractivity contribution is -0.127. The number of benzene rings is 1. The molecule has 0 spiro atoms. The Morgan fingerprint density at radius 1 is 1.42 bits per heavy atom. The first-order valence-electron chi connectivity index (χ1n) is 5.94. The minimum atomic E-state index is -0.722. The first kappa shape index (κ1) is 13.8. The zero-order chi connectivity index (χ0) is 14.0. The van der Waals surface area contributed by atoms with Crippen molar-refractivity contribution in [1.82, 2.24) is 4.90 Å². The zero-order valence-corrected chi connectivity index (χ0v) is 11.3. The molecule has 0 saturated carbocycles. The normalized spacial score (nSPS) is 19.3. The molecule has 1 aliphatic rings. The lowest BCUT2D eigenvalue weighted by Crippen LogP contribution is -2.54. The van der Waals surface area contributed by atoms with Crippen molar-refractivity contribution in [1.29, 1.82) is 0 Å². The number of halogens is 1. The second-order valence-corrected chi connectivity index (χ2v) is 4.95. The molecule has 6 heteroatoms. The Balaban J connectivity index is 2.28. The summed E-state index contributed by atoms with van der Waals surface area (Å²) in [5.74, 6) is -0.815. The first-order chi connectivity index (χ1) is 8.99. The average Bonchev–Trinajstić information content (AvgIpc) is 2.36. The van der Waals surface area contributed by atoms with Crippen LogP contribution in [0, 0.1) is 6.92 Å². The predicted molar refractivity (Wildman–Crippen MR) is 71.0 cm³/mol. The summed E-state index contributed by atoms with van der Waals surface area (Å²) in [5, 5.41) is 0.493. The van der Waals surface area contributed by atoms with Crippen LogP contribution in [0.25, 0.3) is 0 Å². The van der Waals surface area contributed by atoms with Crippen molar-refractivity contribution in [3.8, 4) is 0 Å². The molecular weight excluding hydrogens is 268 g/mol. The molecule has 1 atom stereocenters. The Morgan fingerprint density at radius 3 is 2.79 bits per heavy atom. The first-order valence-corrected chi connectivity index (χ1v) is 6.32. The molecule has 0 unspecified atom stereocenters. The van der Waals surface area contributed by atoms with E-state index in [-0.39, 0.29) is 12.5 Å². The Bertz CT molecular complexity index is 498. The van der Waals surface area contributed by atoms with Gasteiger partial charge in [-0.05, 0) is 30.7 Å². The molecule has 1 aromatic carbocycles. The number of nitrogens with two attached hydrogens (primary N) is 1. The number of nitrogens with zero attached hydrogens (tertiary/aromatic N) is 1. The van der Waals surface area contributed by atoms with E-state index in [0.29, 0.717) is 23.7 Å². The molecule has 0 aliphatic carbocycles. The van der Waals surface area contributed by atoms with Gasteiger partial charge in [-0.2, -0.15) is 0 Å². The maximum atomic E-state index is 12.4. The quantitative estimate of drug-likeness (QED) is 0.879. The van der Waals surface area contributed by atoms with E-state index < -0.39 is 11.9 Å². The molecule has 1 saturated heterocycles. The largest absolute Gasteiger partial charge is 0.377 e. The van der Waals surface area contributed by atoms with E-state index in [4.69, 9.17) is 22.1 Å². The van der Waals surface area contributed by atoms with Crippen LogP contribution in [0.1, 0.15) is 15.9 Å². The van der Waals surface area contributed by atoms with Crippen LogP contribution in [-0.2, 0) is 9.53 Å². The van der Waals surface area contributed by atoms with Gasteiger partial charge in [-0.1, -0.05) is 11.6 Å². The van der Waals surface area contributed by atoms with Gasteiger partial charge in [0.15, 0.2) is 0 Å². The number of morpholine rings is 1. The Hall–Kier alpha value is -1.59. The van der Waals surface area contributed by atoms with Gasteiger partial charge in [0, 0.05) is 17.1 Å². The van der Waals surface area contributed by atoms with Gasteiger partial charge in [0.2, 0.25) is 5.91 Å². The summed E-state index contributed by atoms with van der Waals surface area (Å²) in [4.78, 5) is 25.2. The molecule has 19 heavy (non-hydrogen) atoms. The Labute approximate surface area is 116 Å². The topological polar surface area (TPSA) is 72.6 Å². The Morgan fingerprint density at radius 2 is 2.16 bits per heavy atom. The van der Waals surface area contributed by atoms with E-state index in [9.17, 15) is 9.59 Å². The number of aryl methyl sites for hydroxylation is 1. The van der Waals surface area contributed by atoms with Crippen LogP contribution >= 0.6 is 11.6 Å². The highest BCUT2D eigenvalue weighted by Crippen LogP contribution is 2.18. The zero-order valence-electron chi connectivity index (χ0n) is 10.6. The lowest BCUT2D eigenvalue weighted by Gasteiger charge is -2.33. The summed E-state index contributed by atoms with van der Waals surface area (Å²) in [5.41, 5.74) is 6.64. The molecule has 0 radical (unpaired) electrons. The number of hydrogen-bond acceptors (Lipinski definition) is 3. The molecule has 1 fully saturated rings. The summed E-state index contributed by atoms with van der Waals surface area (Å²) in [6.07, 6.45) is 0. The second kappa shape index (κ2) is 5.59. The Kier molecular flexibility index (Phi) is 4.07. The number of hydrogen-bond donors (Lipinski definition) is 1. The molecule has 2 N–H and O–H groups in total. The van der Waals surface area contributed by atoms with Gasteiger partial charge in [-0.25, -0.2) is 0 Å². The number of carbonyl (C=O) groups excluding carboxylic acids is 2. The molecule has 2 amide bonds. The van der Waals surface area contributed by atoms with E-state index >= 15 is 0 Å². The van der Waals surface area contributed by atoms with Gasteiger partial charge in [0.1, 0.15) is 6.04 Å². The van der Waals surface area contributed by atoms with E-state index in [1.807, 2.05) is 6.92 Å². The van der Waals surface area contributed by atoms with E-state index in [1.165, 1.54) is 4.90 Å². The summed E-state index contributed by atoms with van der Waals surface area (Å²) in [6, 6.07) is 4.37. The molecule has 0 aromatic heterocycles. The van der Waals surface area contributed by atoms with Crippen LogP contribution in [0.3, 0.4) is 0 Å². The second-order valence-electron chi connectivity index (χ2n) is 4.51. The smallest absolute Gasteiger partial charge is 0.254 e. The van der Waals surface area contributed by atoms with Crippen molar-refractivity contribution in [2.45, 2.75) is 13.0 Å². The maximum absolute atomic E-state index is 12.4. The van der Waals surface area contributed by atoms with E-state index in [2.05, 4.69) is 0 Å². The summed E-state index contributed by atoms with van der Waals surface area (Å²) < 4.78 is 5.19. The van der Waals surface area contributed by atoms with Gasteiger partial charge < -0.3 is 15.4 Å². The fourth-order valence-corrected chi connectivity index (χ4v) is 2.40. The number of ether oxygens (including phenoxy) is 1. The maximum Gasteiger partial charge on any atom is 0.254 e. The highest BCUT2D eigenvalue weighted by Gasteiger charge is 2.32. The SMILES string of the molecule is Cc1cc(Cl)cc(C(=O)N2CCOC[C@H]2C(N)=O)c1. The molecule has 5 nitrogen and oxygen atoms in total. The molecule has 1 heterocycles. The van der Waals surface area contributed by atoms with Gasteiger partial charge in [-0.3, -0.25) is 9.59 Å². The number of rotatable bonds is 2. The van der Waals surface area contributed by atoms with Crippen molar-refractivity contribution in [3.63, 3.8) is 0 Å². The van der Waals surface area contributed by atoms with E-state index in [0.717, 1.165) is 5.56 Å².